The van der Waals surface area contributed by atoms with Crippen LogP contribution in [-0.4, -0.2) is 23.6 Å². The molecule has 78 valence electrons. The van der Waals surface area contributed by atoms with Gasteiger partial charge in [0.1, 0.15) is 0 Å². The number of rotatable bonds is 5. The first kappa shape index (κ1) is 12.4. The standard InChI is InChI=1S/C7H15NO4S/c1-3-4-5-7(2,6(8)9)13(10,11)12/h3-5H2,1-2H3,(H2,8,9)(H,10,11,12). The number of amides is 1. The normalized spacial score (nSPS) is 16.5. The van der Waals surface area contributed by atoms with Gasteiger partial charge in [0.05, 0.1) is 0 Å². The second kappa shape index (κ2) is 4.06. The van der Waals surface area contributed by atoms with Gasteiger partial charge in [-0.2, -0.15) is 8.42 Å². The Balaban J connectivity index is 4.86. The van der Waals surface area contributed by atoms with E-state index in [0.717, 1.165) is 13.3 Å². The average Bonchev–Trinajstić information content (AvgIpc) is 1.97. The van der Waals surface area contributed by atoms with Gasteiger partial charge in [-0.25, -0.2) is 0 Å². The zero-order chi connectivity index (χ0) is 10.7. The molecule has 0 aromatic heterocycles. The van der Waals surface area contributed by atoms with E-state index in [-0.39, 0.29) is 6.42 Å². The van der Waals surface area contributed by atoms with Gasteiger partial charge in [0.25, 0.3) is 10.1 Å². The maximum absolute atomic E-state index is 10.9. The van der Waals surface area contributed by atoms with Crippen LogP contribution < -0.4 is 5.73 Å². The van der Waals surface area contributed by atoms with E-state index in [9.17, 15) is 13.2 Å². The van der Waals surface area contributed by atoms with E-state index in [1.165, 1.54) is 0 Å². The Hall–Kier alpha value is -0.620. The SMILES string of the molecule is CCCCC(C)(C(N)=O)S(=O)(=O)O. The minimum absolute atomic E-state index is 0.0532. The first-order valence-electron chi connectivity index (χ1n) is 4.02. The summed E-state index contributed by atoms with van der Waals surface area (Å²) in [5.74, 6) is -1.01. The zero-order valence-electron chi connectivity index (χ0n) is 7.78. The van der Waals surface area contributed by atoms with Crippen LogP contribution in [-0.2, 0) is 14.9 Å². The summed E-state index contributed by atoms with van der Waals surface area (Å²) >= 11 is 0. The number of unbranched alkanes of at least 4 members (excludes halogenated alkanes) is 1. The molecule has 6 heteroatoms. The van der Waals surface area contributed by atoms with Crippen molar-refractivity contribution >= 4 is 16.0 Å². The van der Waals surface area contributed by atoms with Crippen molar-refractivity contribution in [3.05, 3.63) is 0 Å². The van der Waals surface area contributed by atoms with E-state index >= 15 is 0 Å². The van der Waals surface area contributed by atoms with Crippen LogP contribution >= 0.6 is 0 Å². The molecule has 0 radical (unpaired) electrons. The molecule has 0 aromatic rings. The van der Waals surface area contributed by atoms with Crippen LogP contribution in [0.2, 0.25) is 0 Å². The molecule has 13 heavy (non-hydrogen) atoms. The third-order valence-corrected chi connectivity index (χ3v) is 3.64. The van der Waals surface area contributed by atoms with Gasteiger partial charge in [0.15, 0.2) is 4.75 Å². The van der Waals surface area contributed by atoms with E-state index in [4.69, 9.17) is 10.3 Å². The summed E-state index contributed by atoms with van der Waals surface area (Å²) in [6.07, 6.45) is 1.31. The van der Waals surface area contributed by atoms with Gasteiger partial charge < -0.3 is 5.73 Å². The third kappa shape index (κ3) is 2.67. The smallest absolute Gasteiger partial charge is 0.279 e. The van der Waals surface area contributed by atoms with E-state index in [2.05, 4.69) is 0 Å². The van der Waals surface area contributed by atoms with Crippen molar-refractivity contribution in [2.45, 2.75) is 37.9 Å². The lowest BCUT2D eigenvalue weighted by Gasteiger charge is -2.21. The highest BCUT2D eigenvalue weighted by Crippen LogP contribution is 2.22. The Morgan fingerprint density at radius 1 is 1.54 bits per heavy atom. The van der Waals surface area contributed by atoms with Crippen molar-refractivity contribution in [3.63, 3.8) is 0 Å². The molecule has 0 saturated heterocycles. The molecule has 5 nitrogen and oxygen atoms in total. The molecule has 0 saturated carbocycles. The predicted molar refractivity (Wildman–Crippen MR) is 48.7 cm³/mol. The van der Waals surface area contributed by atoms with E-state index in [1.807, 2.05) is 6.92 Å². The Bertz CT molecular complexity index is 285. The molecule has 1 atom stereocenters. The minimum Gasteiger partial charge on any atom is -0.368 e. The van der Waals surface area contributed by atoms with Crippen molar-refractivity contribution in [1.29, 1.82) is 0 Å². The van der Waals surface area contributed by atoms with Crippen molar-refractivity contribution < 1.29 is 17.8 Å². The quantitative estimate of drug-likeness (QED) is 0.636. The molecule has 0 fully saturated rings. The van der Waals surface area contributed by atoms with Gasteiger partial charge in [-0.15, -0.1) is 0 Å². The molecule has 0 rings (SSSR count). The van der Waals surface area contributed by atoms with Gasteiger partial charge in [0.2, 0.25) is 5.91 Å². The zero-order valence-corrected chi connectivity index (χ0v) is 8.60. The molecule has 0 aliphatic carbocycles. The number of hydrogen-bond acceptors (Lipinski definition) is 3. The van der Waals surface area contributed by atoms with Crippen molar-refractivity contribution in [2.75, 3.05) is 0 Å². The fourth-order valence-corrected chi connectivity index (χ4v) is 1.55. The highest BCUT2D eigenvalue weighted by Gasteiger charge is 2.43. The Morgan fingerprint density at radius 2 is 2.00 bits per heavy atom. The Labute approximate surface area is 78.1 Å². The number of carbonyl (C=O) groups is 1. The summed E-state index contributed by atoms with van der Waals surface area (Å²) in [6, 6.07) is 0. The van der Waals surface area contributed by atoms with E-state index < -0.39 is 20.8 Å². The second-order valence-corrected chi connectivity index (χ2v) is 5.02. The lowest BCUT2D eigenvalue weighted by molar-refractivity contribution is -0.120. The van der Waals surface area contributed by atoms with Crippen molar-refractivity contribution in [2.24, 2.45) is 5.73 Å². The van der Waals surface area contributed by atoms with Crippen LogP contribution in [0.25, 0.3) is 0 Å². The molecule has 0 aliphatic heterocycles. The number of carbonyl (C=O) groups excluding carboxylic acids is 1. The molecule has 0 bridgehead atoms. The Kier molecular flexibility index (Phi) is 3.87. The maximum atomic E-state index is 10.9. The van der Waals surface area contributed by atoms with E-state index in [0.29, 0.717) is 6.42 Å². The van der Waals surface area contributed by atoms with Gasteiger partial charge in [-0.1, -0.05) is 19.8 Å². The van der Waals surface area contributed by atoms with Gasteiger partial charge in [-0.05, 0) is 13.3 Å². The molecular weight excluding hydrogens is 194 g/mol. The van der Waals surface area contributed by atoms with Crippen LogP contribution in [0.4, 0.5) is 0 Å². The molecule has 0 aromatic carbocycles. The summed E-state index contributed by atoms with van der Waals surface area (Å²) in [6.45, 7) is 2.99. The fraction of sp³-hybridized carbons (Fsp3) is 0.857. The third-order valence-electron chi connectivity index (χ3n) is 2.10. The molecule has 1 unspecified atom stereocenters. The highest BCUT2D eigenvalue weighted by molar-refractivity contribution is 7.88. The maximum Gasteiger partial charge on any atom is 0.279 e. The second-order valence-electron chi connectivity index (χ2n) is 3.17. The molecule has 0 aliphatic rings. The number of primary amides is 1. The molecular formula is C7H15NO4S. The number of nitrogens with two attached hydrogens (primary N) is 1. The Morgan fingerprint density at radius 3 is 2.23 bits per heavy atom. The van der Waals surface area contributed by atoms with E-state index in [1.54, 1.807) is 0 Å². The highest BCUT2D eigenvalue weighted by atomic mass is 32.2. The summed E-state index contributed by atoms with van der Waals surface area (Å²) in [7, 11) is -4.41. The first-order chi connectivity index (χ1) is 5.75. The molecule has 1 amide bonds. The average molecular weight is 209 g/mol. The lowest BCUT2D eigenvalue weighted by atomic mass is 10.0. The summed E-state index contributed by atoms with van der Waals surface area (Å²) < 4.78 is 28.7. The fourth-order valence-electron chi connectivity index (χ4n) is 0.893. The molecule has 0 heterocycles. The van der Waals surface area contributed by atoms with Crippen molar-refractivity contribution in [3.8, 4) is 0 Å². The lowest BCUT2D eigenvalue weighted by Crippen LogP contribution is -2.47. The summed E-state index contributed by atoms with van der Waals surface area (Å²) in [4.78, 5) is 10.9. The summed E-state index contributed by atoms with van der Waals surface area (Å²) in [5, 5.41) is 0. The molecule has 0 spiro atoms. The van der Waals surface area contributed by atoms with Gasteiger partial charge >= 0.3 is 0 Å². The largest absolute Gasteiger partial charge is 0.368 e. The van der Waals surface area contributed by atoms with Crippen LogP contribution in [0.15, 0.2) is 0 Å². The van der Waals surface area contributed by atoms with Crippen LogP contribution in [0.1, 0.15) is 33.1 Å². The van der Waals surface area contributed by atoms with Gasteiger partial charge in [0, 0.05) is 0 Å². The molecule has 3 N–H and O–H groups in total. The number of hydrogen-bond donors (Lipinski definition) is 2. The monoisotopic (exact) mass is 209 g/mol. The minimum atomic E-state index is -4.41. The van der Waals surface area contributed by atoms with Crippen LogP contribution in [0, 0.1) is 0 Å². The van der Waals surface area contributed by atoms with Crippen LogP contribution in [0.3, 0.4) is 0 Å². The van der Waals surface area contributed by atoms with Crippen molar-refractivity contribution in [1.82, 2.24) is 0 Å². The summed E-state index contributed by atoms with van der Waals surface area (Å²) in [5.41, 5.74) is 4.92. The van der Waals surface area contributed by atoms with Crippen LogP contribution in [0.5, 0.6) is 0 Å². The predicted octanol–water partition coefficient (Wildman–Crippen LogP) is 0.308. The topological polar surface area (TPSA) is 97.5 Å². The first-order valence-corrected chi connectivity index (χ1v) is 5.46. The van der Waals surface area contributed by atoms with Gasteiger partial charge in [-0.3, -0.25) is 9.35 Å².